The zero-order valence-corrected chi connectivity index (χ0v) is 12.0. The fraction of sp³-hybridized carbons (Fsp3) is 0.571. The average molecular weight is 299 g/mol. The average Bonchev–Trinajstić information content (AvgIpc) is 2.47. The zero-order valence-electron chi connectivity index (χ0n) is 11.3. The molecule has 1 saturated carbocycles. The SMILES string of the molecule is O=[N+]([O-])c1ccc(NCC2(CO)CCCCC2)c(Cl)c1. The summed E-state index contributed by atoms with van der Waals surface area (Å²) in [5.41, 5.74) is 0.564. The Hall–Kier alpha value is -1.33. The Morgan fingerprint density at radius 1 is 1.35 bits per heavy atom. The van der Waals surface area contributed by atoms with Crippen LogP contribution in [-0.2, 0) is 0 Å². The smallest absolute Gasteiger partial charge is 0.271 e. The number of nitrogens with one attached hydrogen (secondary N) is 1. The normalized spacial score (nSPS) is 17.7. The van der Waals surface area contributed by atoms with Crippen molar-refractivity contribution in [1.82, 2.24) is 0 Å². The molecule has 1 aliphatic carbocycles. The zero-order chi connectivity index (χ0) is 14.6. The second kappa shape index (κ2) is 6.41. The third kappa shape index (κ3) is 3.41. The highest BCUT2D eigenvalue weighted by Gasteiger charge is 2.31. The minimum Gasteiger partial charge on any atom is -0.396 e. The summed E-state index contributed by atoms with van der Waals surface area (Å²) in [7, 11) is 0. The van der Waals surface area contributed by atoms with Gasteiger partial charge in [0.2, 0.25) is 0 Å². The molecule has 0 atom stereocenters. The number of anilines is 1. The molecular weight excluding hydrogens is 280 g/mol. The van der Waals surface area contributed by atoms with E-state index in [2.05, 4.69) is 5.32 Å². The number of hydrogen-bond donors (Lipinski definition) is 2. The molecule has 0 radical (unpaired) electrons. The molecule has 1 aromatic carbocycles. The molecule has 6 heteroatoms. The van der Waals surface area contributed by atoms with Gasteiger partial charge in [0.05, 0.1) is 22.2 Å². The number of hydrogen-bond acceptors (Lipinski definition) is 4. The van der Waals surface area contributed by atoms with Crippen molar-refractivity contribution in [3.63, 3.8) is 0 Å². The number of benzene rings is 1. The standard InChI is InChI=1S/C14H19ClN2O3/c15-12-8-11(17(19)20)4-5-13(12)16-9-14(10-18)6-2-1-3-7-14/h4-5,8,16,18H,1-3,6-7,9-10H2. The van der Waals surface area contributed by atoms with E-state index in [1.165, 1.54) is 18.6 Å². The number of nitro benzene ring substituents is 1. The second-order valence-electron chi connectivity index (χ2n) is 5.49. The van der Waals surface area contributed by atoms with Crippen molar-refractivity contribution < 1.29 is 10.0 Å². The van der Waals surface area contributed by atoms with Crippen LogP contribution in [0.25, 0.3) is 0 Å². The number of non-ortho nitro benzene ring substituents is 1. The van der Waals surface area contributed by atoms with Crippen molar-refractivity contribution in [1.29, 1.82) is 0 Å². The van der Waals surface area contributed by atoms with E-state index < -0.39 is 4.92 Å². The maximum absolute atomic E-state index is 10.7. The molecule has 2 N–H and O–H groups in total. The van der Waals surface area contributed by atoms with Crippen molar-refractivity contribution in [3.8, 4) is 0 Å². The number of nitrogens with zero attached hydrogens (tertiary/aromatic N) is 1. The summed E-state index contributed by atoms with van der Waals surface area (Å²) in [6.45, 7) is 0.797. The molecule has 0 unspecified atom stereocenters. The van der Waals surface area contributed by atoms with E-state index in [9.17, 15) is 15.2 Å². The van der Waals surface area contributed by atoms with Gasteiger partial charge in [-0.25, -0.2) is 0 Å². The van der Waals surface area contributed by atoms with E-state index in [4.69, 9.17) is 11.6 Å². The lowest BCUT2D eigenvalue weighted by Crippen LogP contribution is -2.35. The lowest BCUT2D eigenvalue weighted by Gasteiger charge is -2.36. The third-order valence-electron chi connectivity index (χ3n) is 4.07. The van der Waals surface area contributed by atoms with Crippen molar-refractivity contribution in [3.05, 3.63) is 33.3 Å². The lowest BCUT2D eigenvalue weighted by molar-refractivity contribution is -0.384. The first kappa shape index (κ1) is 15.1. The molecule has 0 aliphatic heterocycles. The van der Waals surface area contributed by atoms with E-state index in [1.54, 1.807) is 6.07 Å². The monoisotopic (exact) mass is 298 g/mol. The molecule has 1 aromatic rings. The molecule has 5 nitrogen and oxygen atoms in total. The first-order chi connectivity index (χ1) is 9.56. The van der Waals surface area contributed by atoms with Crippen LogP contribution in [0.2, 0.25) is 5.02 Å². The van der Waals surface area contributed by atoms with E-state index in [-0.39, 0.29) is 17.7 Å². The van der Waals surface area contributed by atoms with Gasteiger partial charge < -0.3 is 10.4 Å². The Labute approximate surface area is 123 Å². The van der Waals surface area contributed by atoms with Crippen LogP contribution in [0.15, 0.2) is 18.2 Å². The number of halogens is 1. The van der Waals surface area contributed by atoms with Crippen LogP contribution in [0.3, 0.4) is 0 Å². The molecule has 0 heterocycles. The van der Waals surface area contributed by atoms with Gasteiger partial charge >= 0.3 is 0 Å². The molecule has 0 amide bonds. The van der Waals surface area contributed by atoms with Crippen LogP contribution in [0, 0.1) is 15.5 Å². The number of nitro groups is 1. The Morgan fingerprint density at radius 3 is 2.60 bits per heavy atom. The predicted octanol–water partition coefficient (Wildman–Crippen LogP) is 3.60. The van der Waals surface area contributed by atoms with Gasteiger partial charge in [-0.2, -0.15) is 0 Å². The van der Waals surface area contributed by atoms with Gasteiger partial charge in [0.15, 0.2) is 0 Å². The maximum atomic E-state index is 10.7. The Balaban J connectivity index is 2.04. The molecule has 1 fully saturated rings. The first-order valence-corrected chi connectivity index (χ1v) is 7.23. The van der Waals surface area contributed by atoms with E-state index in [1.807, 2.05) is 0 Å². The van der Waals surface area contributed by atoms with Crippen LogP contribution < -0.4 is 5.32 Å². The predicted molar refractivity (Wildman–Crippen MR) is 79.2 cm³/mol. The quantitative estimate of drug-likeness (QED) is 0.643. The summed E-state index contributed by atoms with van der Waals surface area (Å²) in [5, 5.41) is 23.9. The molecule has 2 rings (SSSR count). The highest BCUT2D eigenvalue weighted by molar-refractivity contribution is 6.33. The van der Waals surface area contributed by atoms with Crippen LogP contribution in [0.5, 0.6) is 0 Å². The van der Waals surface area contributed by atoms with E-state index in [0.717, 1.165) is 25.7 Å². The van der Waals surface area contributed by atoms with Crippen molar-refractivity contribution in [2.24, 2.45) is 5.41 Å². The van der Waals surface area contributed by atoms with Crippen molar-refractivity contribution in [2.75, 3.05) is 18.5 Å². The molecular formula is C14H19ClN2O3. The molecule has 0 aromatic heterocycles. The second-order valence-corrected chi connectivity index (χ2v) is 5.90. The summed E-state index contributed by atoms with van der Waals surface area (Å²) in [6, 6.07) is 4.39. The lowest BCUT2D eigenvalue weighted by atomic mass is 9.74. The summed E-state index contributed by atoms with van der Waals surface area (Å²) in [4.78, 5) is 10.2. The highest BCUT2D eigenvalue weighted by Crippen LogP contribution is 2.37. The Morgan fingerprint density at radius 2 is 2.05 bits per heavy atom. The number of rotatable bonds is 5. The molecule has 0 bridgehead atoms. The largest absolute Gasteiger partial charge is 0.396 e. The third-order valence-corrected chi connectivity index (χ3v) is 4.38. The summed E-state index contributed by atoms with van der Waals surface area (Å²) < 4.78 is 0. The summed E-state index contributed by atoms with van der Waals surface area (Å²) >= 11 is 6.05. The maximum Gasteiger partial charge on any atom is 0.271 e. The summed E-state index contributed by atoms with van der Waals surface area (Å²) in [5.74, 6) is 0. The molecule has 110 valence electrons. The van der Waals surface area contributed by atoms with Gasteiger partial charge in [-0.05, 0) is 18.9 Å². The van der Waals surface area contributed by atoms with Crippen LogP contribution >= 0.6 is 11.6 Å². The number of aliphatic hydroxyl groups is 1. The van der Waals surface area contributed by atoms with Crippen molar-refractivity contribution in [2.45, 2.75) is 32.1 Å². The fourth-order valence-corrected chi connectivity index (χ4v) is 2.98. The van der Waals surface area contributed by atoms with Gasteiger partial charge in [-0.3, -0.25) is 10.1 Å². The van der Waals surface area contributed by atoms with Gasteiger partial charge in [-0.1, -0.05) is 30.9 Å². The first-order valence-electron chi connectivity index (χ1n) is 6.85. The van der Waals surface area contributed by atoms with Gasteiger partial charge in [0.25, 0.3) is 5.69 Å². The van der Waals surface area contributed by atoms with Crippen LogP contribution in [0.1, 0.15) is 32.1 Å². The van der Waals surface area contributed by atoms with Gasteiger partial charge in [-0.15, -0.1) is 0 Å². The topological polar surface area (TPSA) is 75.4 Å². The minimum atomic E-state index is -0.466. The Kier molecular flexibility index (Phi) is 4.83. The van der Waals surface area contributed by atoms with Crippen LogP contribution in [-0.4, -0.2) is 23.2 Å². The van der Waals surface area contributed by atoms with E-state index in [0.29, 0.717) is 17.3 Å². The molecule has 1 aliphatic rings. The fourth-order valence-electron chi connectivity index (χ4n) is 2.74. The Bertz CT molecular complexity index is 487. The minimum absolute atomic E-state index is 0.0184. The highest BCUT2D eigenvalue weighted by atomic mass is 35.5. The molecule has 0 spiro atoms. The van der Waals surface area contributed by atoms with Crippen molar-refractivity contribution >= 4 is 23.0 Å². The van der Waals surface area contributed by atoms with Crippen LogP contribution in [0.4, 0.5) is 11.4 Å². The van der Waals surface area contributed by atoms with E-state index >= 15 is 0 Å². The summed E-state index contributed by atoms with van der Waals surface area (Å²) in [6.07, 6.45) is 5.49. The molecule has 20 heavy (non-hydrogen) atoms. The van der Waals surface area contributed by atoms with Gasteiger partial charge in [0, 0.05) is 24.1 Å². The molecule has 0 saturated heterocycles. The van der Waals surface area contributed by atoms with Gasteiger partial charge in [0.1, 0.15) is 0 Å². The number of aliphatic hydroxyl groups excluding tert-OH is 1.